The molecule has 0 spiro atoms. The van der Waals surface area contributed by atoms with Gasteiger partial charge in [-0.25, -0.2) is 9.97 Å². The number of nitrogens with one attached hydrogen (secondary N) is 1. The third-order valence-electron chi connectivity index (χ3n) is 3.08. The van der Waals surface area contributed by atoms with Gasteiger partial charge >= 0.3 is 0 Å². The van der Waals surface area contributed by atoms with E-state index in [2.05, 4.69) is 33.3 Å². The number of aromatic nitrogens is 2. The normalized spacial score (nSPS) is 15.1. The lowest BCUT2D eigenvalue weighted by Crippen LogP contribution is -2.14. The Bertz CT molecular complexity index is 645. The number of hydrogen-bond acceptors (Lipinski definition) is 4. The standard InChI is InChI=1S/C14H13N3S/c1-3-9(2)17-14-13-10-6-7-18-12(10)5-4-11(13)15-8-16-14/h1,4-5,8-9H,6-7H2,2H3,(H,15,16,17). The monoisotopic (exact) mass is 255 g/mol. The first-order valence-corrected chi connectivity index (χ1v) is 6.90. The zero-order chi connectivity index (χ0) is 12.5. The smallest absolute Gasteiger partial charge is 0.138 e. The maximum Gasteiger partial charge on any atom is 0.138 e. The third-order valence-corrected chi connectivity index (χ3v) is 4.18. The lowest BCUT2D eigenvalue weighted by Gasteiger charge is -2.12. The van der Waals surface area contributed by atoms with Crippen molar-refractivity contribution >= 4 is 28.5 Å². The van der Waals surface area contributed by atoms with E-state index in [9.17, 15) is 0 Å². The van der Waals surface area contributed by atoms with Crippen LogP contribution in [0.25, 0.3) is 10.9 Å². The molecule has 2 aromatic rings. The molecule has 1 unspecified atom stereocenters. The molecule has 0 saturated heterocycles. The fraction of sp³-hybridized carbons (Fsp3) is 0.286. The van der Waals surface area contributed by atoms with E-state index >= 15 is 0 Å². The van der Waals surface area contributed by atoms with Gasteiger partial charge < -0.3 is 5.32 Å². The summed E-state index contributed by atoms with van der Waals surface area (Å²) in [5.74, 6) is 4.65. The van der Waals surface area contributed by atoms with E-state index in [1.54, 1.807) is 6.33 Å². The number of anilines is 1. The molecule has 2 heterocycles. The minimum atomic E-state index is -0.0342. The number of fused-ring (bicyclic) bond motifs is 3. The fourth-order valence-electron chi connectivity index (χ4n) is 2.20. The molecule has 90 valence electrons. The van der Waals surface area contributed by atoms with Gasteiger partial charge in [-0.05, 0) is 31.0 Å². The Morgan fingerprint density at radius 1 is 1.44 bits per heavy atom. The van der Waals surface area contributed by atoms with Crippen molar-refractivity contribution in [3.05, 3.63) is 24.0 Å². The summed E-state index contributed by atoms with van der Waals surface area (Å²) in [4.78, 5) is 10.0. The van der Waals surface area contributed by atoms with E-state index in [4.69, 9.17) is 6.42 Å². The van der Waals surface area contributed by atoms with Crippen LogP contribution in [0.4, 0.5) is 5.82 Å². The first kappa shape index (κ1) is 11.4. The molecule has 1 aliphatic rings. The lowest BCUT2D eigenvalue weighted by atomic mass is 10.1. The Labute approximate surface area is 110 Å². The number of benzene rings is 1. The molecule has 0 amide bonds. The molecule has 18 heavy (non-hydrogen) atoms. The van der Waals surface area contributed by atoms with Crippen LogP contribution in [0.5, 0.6) is 0 Å². The van der Waals surface area contributed by atoms with Crippen molar-refractivity contribution in [3.63, 3.8) is 0 Å². The summed E-state index contributed by atoms with van der Waals surface area (Å²) in [5.41, 5.74) is 2.34. The molecule has 0 fully saturated rings. The average molecular weight is 255 g/mol. The second-order valence-electron chi connectivity index (χ2n) is 4.29. The number of aryl methyl sites for hydroxylation is 1. The third kappa shape index (κ3) is 1.81. The Kier molecular flexibility index (Phi) is 2.85. The zero-order valence-electron chi connectivity index (χ0n) is 10.1. The predicted molar refractivity (Wildman–Crippen MR) is 75.9 cm³/mol. The van der Waals surface area contributed by atoms with Gasteiger partial charge in [0.05, 0.1) is 11.6 Å². The number of thioether (sulfide) groups is 1. The molecule has 1 aromatic carbocycles. The summed E-state index contributed by atoms with van der Waals surface area (Å²) in [5, 5.41) is 4.39. The second kappa shape index (κ2) is 4.51. The lowest BCUT2D eigenvalue weighted by molar-refractivity contribution is 1.01. The zero-order valence-corrected chi connectivity index (χ0v) is 10.9. The summed E-state index contributed by atoms with van der Waals surface area (Å²) in [6, 6.07) is 4.17. The van der Waals surface area contributed by atoms with Crippen molar-refractivity contribution < 1.29 is 0 Å². The molecule has 0 radical (unpaired) electrons. The molecule has 3 rings (SSSR count). The van der Waals surface area contributed by atoms with Crippen LogP contribution in [0.15, 0.2) is 23.4 Å². The number of terminal acetylenes is 1. The quantitative estimate of drug-likeness (QED) is 0.837. The van der Waals surface area contributed by atoms with Crippen molar-refractivity contribution in [1.82, 2.24) is 9.97 Å². The van der Waals surface area contributed by atoms with E-state index in [0.717, 1.165) is 28.9 Å². The average Bonchev–Trinajstić information content (AvgIpc) is 2.87. The van der Waals surface area contributed by atoms with Crippen LogP contribution in [-0.4, -0.2) is 21.8 Å². The van der Waals surface area contributed by atoms with Crippen LogP contribution >= 0.6 is 11.8 Å². The van der Waals surface area contributed by atoms with Crippen molar-refractivity contribution in [3.8, 4) is 12.3 Å². The van der Waals surface area contributed by atoms with E-state index in [1.807, 2.05) is 18.7 Å². The Hall–Kier alpha value is -1.73. The van der Waals surface area contributed by atoms with Crippen LogP contribution in [0.1, 0.15) is 12.5 Å². The van der Waals surface area contributed by atoms with Gasteiger partial charge in [0.15, 0.2) is 0 Å². The highest BCUT2D eigenvalue weighted by Crippen LogP contribution is 2.37. The molecule has 0 saturated carbocycles. The minimum Gasteiger partial charge on any atom is -0.356 e. The minimum absolute atomic E-state index is 0.0342. The van der Waals surface area contributed by atoms with Crippen molar-refractivity contribution in [2.45, 2.75) is 24.3 Å². The Balaban J connectivity index is 2.20. The molecular formula is C14H13N3S. The highest BCUT2D eigenvalue weighted by molar-refractivity contribution is 7.99. The topological polar surface area (TPSA) is 37.8 Å². The first-order chi connectivity index (χ1) is 8.79. The summed E-state index contributed by atoms with van der Waals surface area (Å²) in [6.07, 6.45) is 8.08. The van der Waals surface area contributed by atoms with E-state index in [1.165, 1.54) is 10.5 Å². The maximum absolute atomic E-state index is 5.42. The van der Waals surface area contributed by atoms with Gasteiger partial charge in [0.2, 0.25) is 0 Å². The van der Waals surface area contributed by atoms with E-state index in [0.29, 0.717) is 0 Å². The van der Waals surface area contributed by atoms with Gasteiger partial charge in [0.1, 0.15) is 12.1 Å². The summed E-state index contributed by atoms with van der Waals surface area (Å²) in [6.45, 7) is 1.95. The van der Waals surface area contributed by atoms with Crippen LogP contribution in [0.2, 0.25) is 0 Å². The van der Waals surface area contributed by atoms with E-state index < -0.39 is 0 Å². The molecule has 1 aromatic heterocycles. The summed E-state index contributed by atoms with van der Waals surface area (Å²) < 4.78 is 0. The second-order valence-corrected chi connectivity index (χ2v) is 5.43. The fourth-order valence-corrected chi connectivity index (χ4v) is 3.27. The molecule has 1 aliphatic heterocycles. The molecule has 1 N–H and O–H groups in total. The van der Waals surface area contributed by atoms with Crippen LogP contribution in [0, 0.1) is 12.3 Å². The number of rotatable bonds is 2. The largest absolute Gasteiger partial charge is 0.356 e. The predicted octanol–water partition coefficient (Wildman–Crippen LogP) is 2.71. The maximum atomic E-state index is 5.42. The van der Waals surface area contributed by atoms with E-state index in [-0.39, 0.29) is 6.04 Å². The molecular weight excluding hydrogens is 242 g/mol. The van der Waals surface area contributed by atoms with Crippen LogP contribution < -0.4 is 5.32 Å². The van der Waals surface area contributed by atoms with Crippen LogP contribution in [0.3, 0.4) is 0 Å². The van der Waals surface area contributed by atoms with Gasteiger partial charge in [0, 0.05) is 16.0 Å². The van der Waals surface area contributed by atoms with Crippen molar-refractivity contribution in [2.75, 3.05) is 11.1 Å². The van der Waals surface area contributed by atoms with Gasteiger partial charge in [-0.2, -0.15) is 0 Å². The van der Waals surface area contributed by atoms with Crippen molar-refractivity contribution in [1.29, 1.82) is 0 Å². The SMILES string of the molecule is C#CC(C)Nc1ncnc2ccc3c(c12)CCS3. The van der Waals surface area contributed by atoms with Gasteiger partial charge in [0.25, 0.3) is 0 Å². The molecule has 4 heteroatoms. The molecule has 0 bridgehead atoms. The first-order valence-electron chi connectivity index (χ1n) is 5.91. The van der Waals surface area contributed by atoms with Crippen molar-refractivity contribution in [2.24, 2.45) is 0 Å². The van der Waals surface area contributed by atoms with Gasteiger partial charge in [-0.15, -0.1) is 18.2 Å². The number of nitrogens with zero attached hydrogens (tertiary/aromatic N) is 2. The Morgan fingerprint density at radius 2 is 2.33 bits per heavy atom. The highest BCUT2D eigenvalue weighted by atomic mass is 32.2. The van der Waals surface area contributed by atoms with Gasteiger partial charge in [-0.1, -0.05) is 5.92 Å². The summed E-state index contributed by atoms with van der Waals surface area (Å²) in [7, 11) is 0. The highest BCUT2D eigenvalue weighted by Gasteiger charge is 2.18. The van der Waals surface area contributed by atoms with Crippen LogP contribution in [-0.2, 0) is 6.42 Å². The van der Waals surface area contributed by atoms with Gasteiger partial charge in [-0.3, -0.25) is 0 Å². The molecule has 0 aliphatic carbocycles. The summed E-state index contributed by atoms with van der Waals surface area (Å²) >= 11 is 1.89. The number of hydrogen-bond donors (Lipinski definition) is 1. The molecule has 1 atom stereocenters. The Morgan fingerprint density at radius 3 is 3.17 bits per heavy atom. The molecule has 3 nitrogen and oxygen atoms in total.